The zero-order valence-electron chi connectivity index (χ0n) is 10.5. The van der Waals surface area contributed by atoms with Crippen molar-refractivity contribution in [3.63, 3.8) is 0 Å². The van der Waals surface area contributed by atoms with Crippen molar-refractivity contribution in [1.29, 1.82) is 10.5 Å². The van der Waals surface area contributed by atoms with E-state index in [4.69, 9.17) is 22.1 Å². The minimum Gasteiger partial charge on any atom is -0.497 e. The summed E-state index contributed by atoms with van der Waals surface area (Å²) in [6, 6.07) is 10.9. The molecule has 0 amide bonds. The van der Waals surface area contributed by atoms with Gasteiger partial charge in [0.15, 0.2) is 0 Å². The molecule has 5 nitrogen and oxygen atoms in total. The molecule has 0 aliphatic rings. The molecule has 0 spiro atoms. The van der Waals surface area contributed by atoms with E-state index in [1.165, 1.54) is 7.11 Å². The van der Waals surface area contributed by atoms with Gasteiger partial charge in [-0.3, -0.25) is 0 Å². The Bertz CT molecular complexity index is 721. The van der Waals surface area contributed by atoms with E-state index in [0.29, 0.717) is 16.9 Å². The van der Waals surface area contributed by atoms with Crippen LogP contribution in [0.15, 0.2) is 24.3 Å². The van der Waals surface area contributed by atoms with Gasteiger partial charge >= 0.3 is 0 Å². The zero-order chi connectivity index (χ0) is 14.7. The Kier molecular flexibility index (Phi) is 3.74. The summed E-state index contributed by atoms with van der Waals surface area (Å²) in [7, 11) is 1.53. The van der Waals surface area contributed by atoms with Crippen LogP contribution in [-0.4, -0.2) is 12.1 Å². The Hall–Kier alpha value is -2.76. The SMILES string of the molecule is COc1cccc(-c2c(C#N)c(N)nc(Cl)c2C#N)c1. The number of nitrogen functional groups attached to an aromatic ring is 1. The highest BCUT2D eigenvalue weighted by molar-refractivity contribution is 6.31. The molecule has 20 heavy (non-hydrogen) atoms. The number of anilines is 1. The molecule has 0 aliphatic heterocycles. The number of hydrogen-bond donors (Lipinski definition) is 1. The van der Waals surface area contributed by atoms with Crippen LogP contribution in [-0.2, 0) is 0 Å². The zero-order valence-corrected chi connectivity index (χ0v) is 11.3. The van der Waals surface area contributed by atoms with Crippen LogP contribution in [0.25, 0.3) is 11.1 Å². The van der Waals surface area contributed by atoms with Crippen molar-refractivity contribution in [3.05, 3.63) is 40.5 Å². The molecule has 0 atom stereocenters. The van der Waals surface area contributed by atoms with E-state index in [1.807, 2.05) is 12.1 Å². The molecule has 0 fully saturated rings. The molecular formula is C14H9ClN4O. The molecule has 0 saturated heterocycles. The number of aromatic nitrogens is 1. The summed E-state index contributed by atoms with van der Waals surface area (Å²) in [4.78, 5) is 3.81. The van der Waals surface area contributed by atoms with Crippen LogP contribution in [0.2, 0.25) is 5.15 Å². The van der Waals surface area contributed by atoms with Crippen LogP contribution in [0, 0.1) is 22.7 Å². The second-order valence-electron chi connectivity index (χ2n) is 3.87. The van der Waals surface area contributed by atoms with Crippen molar-refractivity contribution in [3.8, 4) is 29.0 Å². The summed E-state index contributed by atoms with van der Waals surface area (Å²) < 4.78 is 5.14. The van der Waals surface area contributed by atoms with Gasteiger partial charge in [0.1, 0.15) is 34.4 Å². The molecule has 1 heterocycles. The Morgan fingerprint density at radius 1 is 1.25 bits per heavy atom. The van der Waals surface area contributed by atoms with Crippen LogP contribution in [0.1, 0.15) is 11.1 Å². The van der Waals surface area contributed by atoms with Gasteiger partial charge in [0.05, 0.1) is 12.7 Å². The van der Waals surface area contributed by atoms with E-state index >= 15 is 0 Å². The van der Waals surface area contributed by atoms with Crippen molar-refractivity contribution in [2.75, 3.05) is 12.8 Å². The van der Waals surface area contributed by atoms with Gasteiger partial charge in [-0.2, -0.15) is 10.5 Å². The van der Waals surface area contributed by atoms with Gasteiger partial charge in [0.2, 0.25) is 0 Å². The fraction of sp³-hybridized carbons (Fsp3) is 0.0714. The van der Waals surface area contributed by atoms with Gasteiger partial charge in [0, 0.05) is 5.56 Å². The van der Waals surface area contributed by atoms with Crippen LogP contribution in [0.4, 0.5) is 5.82 Å². The number of rotatable bonds is 2. The van der Waals surface area contributed by atoms with Crippen molar-refractivity contribution in [2.45, 2.75) is 0 Å². The van der Waals surface area contributed by atoms with E-state index in [-0.39, 0.29) is 22.1 Å². The lowest BCUT2D eigenvalue weighted by Crippen LogP contribution is -2.01. The minimum atomic E-state index is -0.0261. The maximum atomic E-state index is 9.24. The molecule has 2 N–H and O–H groups in total. The minimum absolute atomic E-state index is 0.00526. The number of nitrogens with two attached hydrogens (primary N) is 1. The molecule has 98 valence electrons. The van der Waals surface area contributed by atoms with Crippen LogP contribution in [0.3, 0.4) is 0 Å². The predicted molar refractivity (Wildman–Crippen MR) is 75.1 cm³/mol. The smallest absolute Gasteiger partial charge is 0.149 e. The number of hydrogen-bond acceptors (Lipinski definition) is 5. The first-order chi connectivity index (χ1) is 9.62. The number of benzene rings is 1. The Morgan fingerprint density at radius 3 is 2.55 bits per heavy atom. The second-order valence-corrected chi connectivity index (χ2v) is 4.23. The van der Waals surface area contributed by atoms with E-state index in [9.17, 15) is 10.5 Å². The Labute approximate surface area is 120 Å². The third-order valence-corrected chi connectivity index (χ3v) is 3.04. The van der Waals surface area contributed by atoms with Crippen LogP contribution >= 0.6 is 11.6 Å². The molecule has 0 unspecified atom stereocenters. The molecule has 2 rings (SSSR count). The highest BCUT2D eigenvalue weighted by Crippen LogP contribution is 2.34. The van der Waals surface area contributed by atoms with Crippen LogP contribution in [0.5, 0.6) is 5.75 Å². The summed E-state index contributed by atoms with van der Waals surface area (Å²) >= 11 is 5.93. The summed E-state index contributed by atoms with van der Waals surface area (Å²) in [6.45, 7) is 0. The largest absolute Gasteiger partial charge is 0.497 e. The maximum Gasteiger partial charge on any atom is 0.149 e. The third-order valence-electron chi connectivity index (χ3n) is 2.76. The van der Waals surface area contributed by atoms with Gasteiger partial charge in [-0.05, 0) is 17.7 Å². The molecule has 1 aromatic carbocycles. The highest BCUT2D eigenvalue weighted by atomic mass is 35.5. The lowest BCUT2D eigenvalue weighted by Gasteiger charge is -2.11. The monoisotopic (exact) mass is 284 g/mol. The van der Waals surface area contributed by atoms with Crippen molar-refractivity contribution >= 4 is 17.4 Å². The van der Waals surface area contributed by atoms with E-state index < -0.39 is 0 Å². The molecule has 6 heteroatoms. The highest BCUT2D eigenvalue weighted by Gasteiger charge is 2.19. The fourth-order valence-corrected chi connectivity index (χ4v) is 2.08. The summed E-state index contributed by atoms with van der Waals surface area (Å²) in [5, 5.41) is 18.5. The summed E-state index contributed by atoms with van der Waals surface area (Å²) in [5.41, 5.74) is 6.93. The second kappa shape index (κ2) is 5.48. The number of halogens is 1. The lowest BCUT2D eigenvalue weighted by atomic mass is 9.97. The van der Waals surface area contributed by atoms with Gasteiger partial charge in [-0.15, -0.1) is 0 Å². The number of nitriles is 2. The Balaban J connectivity index is 2.85. The van der Waals surface area contributed by atoms with Gasteiger partial charge in [0.25, 0.3) is 0 Å². The van der Waals surface area contributed by atoms with Gasteiger partial charge in [-0.1, -0.05) is 23.7 Å². The topological polar surface area (TPSA) is 95.7 Å². The summed E-state index contributed by atoms with van der Waals surface area (Å²) in [6.07, 6.45) is 0. The molecule has 0 aliphatic carbocycles. The van der Waals surface area contributed by atoms with Gasteiger partial charge < -0.3 is 10.5 Å². The van der Waals surface area contributed by atoms with Crippen molar-refractivity contribution in [1.82, 2.24) is 4.98 Å². The molecule has 2 aromatic rings. The number of methoxy groups -OCH3 is 1. The predicted octanol–water partition coefficient (Wildman–Crippen LogP) is 2.74. The first kappa shape index (κ1) is 13.7. The number of pyridine rings is 1. The molecule has 1 aromatic heterocycles. The lowest BCUT2D eigenvalue weighted by molar-refractivity contribution is 0.415. The average molecular weight is 285 g/mol. The molecule has 0 radical (unpaired) electrons. The average Bonchev–Trinajstić information content (AvgIpc) is 2.46. The first-order valence-corrected chi connectivity index (χ1v) is 5.93. The molecular weight excluding hydrogens is 276 g/mol. The quantitative estimate of drug-likeness (QED) is 0.855. The first-order valence-electron chi connectivity index (χ1n) is 5.56. The normalized spacial score (nSPS) is 9.60. The number of ether oxygens (including phenoxy) is 1. The van der Waals surface area contributed by atoms with Crippen molar-refractivity contribution < 1.29 is 4.74 Å². The Morgan fingerprint density at radius 2 is 1.95 bits per heavy atom. The van der Waals surface area contributed by atoms with E-state index in [0.717, 1.165) is 0 Å². The molecule has 0 bridgehead atoms. The fourth-order valence-electron chi connectivity index (χ4n) is 1.86. The van der Waals surface area contributed by atoms with E-state index in [2.05, 4.69) is 4.98 Å². The van der Waals surface area contributed by atoms with Gasteiger partial charge in [-0.25, -0.2) is 4.98 Å². The maximum absolute atomic E-state index is 9.24. The third kappa shape index (κ3) is 2.23. The molecule has 0 saturated carbocycles. The standard InChI is InChI=1S/C14H9ClN4O/c1-20-9-4-2-3-8(5-9)12-10(6-16)13(15)19-14(18)11(12)7-17/h2-5H,1H3,(H2,18,19). The van der Waals surface area contributed by atoms with Crippen LogP contribution < -0.4 is 10.5 Å². The number of nitrogens with zero attached hydrogens (tertiary/aromatic N) is 3. The van der Waals surface area contributed by atoms with Crippen molar-refractivity contribution in [2.24, 2.45) is 0 Å². The van der Waals surface area contributed by atoms with E-state index in [1.54, 1.807) is 24.3 Å². The summed E-state index contributed by atoms with van der Waals surface area (Å²) in [5.74, 6) is 0.594.